The molecule has 1 aliphatic rings. The summed E-state index contributed by atoms with van der Waals surface area (Å²) < 4.78 is 17.7. The van der Waals surface area contributed by atoms with E-state index >= 15 is 0 Å². The molecule has 11 nitrogen and oxygen atoms in total. The Balaban J connectivity index is 2.61. The van der Waals surface area contributed by atoms with E-state index in [0.29, 0.717) is 12.8 Å². The first-order valence-electron chi connectivity index (χ1n) is 35.1. The smallest absolute Gasteiger partial charge is 0.306 e. The fourth-order valence-electron chi connectivity index (χ4n) is 10.8. The number of esters is 1. The van der Waals surface area contributed by atoms with Gasteiger partial charge in [-0.2, -0.15) is 0 Å². The predicted octanol–water partition coefficient (Wildman–Crippen LogP) is 17.7. The standard InChI is InChI=1S/C72H131NO10/c1-4-7-10-13-16-19-22-25-27-29-31-32-33-34-35-37-39-42-45-48-51-54-57-60-67(77)83-70-69(79)68(78)66(61-74)82-72(70)81-62-63(64(75)58-55-52-49-46-43-40-24-21-18-15-12-9-6-3)73-71(80)65(76)59-56-53-50-47-44-41-38-36-30-28-26-23-20-17-14-11-8-5-2/h17,20,25-28,36,38,55,58,63-66,68-70,72,74-76,78-79H,4-16,18-19,21-24,29-35,37,39-54,56-57,59-62H2,1-3H3,(H,73,80)/b20-17-,27-25+,28-26-,38-36-,58-55+. The monoisotopic (exact) mass is 1170 g/mol. The Morgan fingerprint density at radius 3 is 1.28 bits per heavy atom. The molecule has 1 rings (SSSR count). The molecule has 0 aromatic carbocycles. The van der Waals surface area contributed by atoms with E-state index in [2.05, 4.69) is 74.7 Å². The van der Waals surface area contributed by atoms with Crippen molar-refractivity contribution in [2.45, 2.75) is 372 Å². The van der Waals surface area contributed by atoms with Gasteiger partial charge in [-0.25, -0.2) is 0 Å². The van der Waals surface area contributed by atoms with Crippen LogP contribution in [0.15, 0.2) is 60.8 Å². The van der Waals surface area contributed by atoms with Crippen molar-refractivity contribution in [1.82, 2.24) is 5.32 Å². The Morgan fingerprint density at radius 2 is 0.831 bits per heavy atom. The van der Waals surface area contributed by atoms with E-state index in [9.17, 15) is 35.1 Å². The van der Waals surface area contributed by atoms with E-state index in [-0.39, 0.29) is 19.4 Å². The van der Waals surface area contributed by atoms with E-state index in [0.717, 1.165) is 83.5 Å². The summed E-state index contributed by atoms with van der Waals surface area (Å²) in [6.07, 6.45) is 65.4. The molecular formula is C72H131NO10. The summed E-state index contributed by atoms with van der Waals surface area (Å²) >= 11 is 0. The molecule has 1 saturated heterocycles. The second kappa shape index (κ2) is 59.7. The number of rotatable bonds is 60. The summed E-state index contributed by atoms with van der Waals surface area (Å²) in [5.41, 5.74) is 0. The molecule has 8 unspecified atom stereocenters. The van der Waals surface area contributed by atoms with Gasteiger partial charge in [0.25, 0.3) is 0 Å². The number of amides is 1. The number of hydrogen-bond donors (Lipinski definition) is 6. The summed E-state index contributed by atoms with van der Waals surface area (Å²) in [7, 11) is 0. The normalized spacial score (nSPS) is 18.9. The molecule has 0 aromatic heterocycles. The lowest BCUT2D eigenvalue weighted by atomic mass is 9.99. The van der Waals surface area contributed by atoms with Crippen LogP contribution in [0.4, 0.5) is 0 Å². The number of carbonyl (C=O) groups is 2. The van der Waals surface area contributed by atoms with Gasteiger partial charge in [0.2, 0.25) is 5.91 Å². The average molecular weight is 1170 g/mol. The number of carbonyl (C=O) groups excluding carboxylic acids is 2. The third-order valence-corrected chi connectivity index (χ3v) is 16.4. The molecule has 0 aliphatic carbocycles. The van der Waals surface area contributed by atoms with Crippen LogP contribution in [-0.2, 0) is 23.8 Å². The third kappa shape index (κ3) is 47.2. The second-order valence-corrected chi connectivity index (χ2v) is 24.3. The van der Waals surface area contributed by atoms with Gasteiger partial charge in [0.05, 0.1) is 25.4 Å². The van der Waals surface area contributed by atoms with Crippen molar-refractivity contribution in [2.24, 2.45) is 0 Å². The van der Waals surface area contributed by atoms with Crippen LogP contribution in [0.1, 0.15) is 323 Å². The van der Waals surface area contributed by atoms with Gasteiger partial charge in [0.1, 0.15) is 24.4 Å². The Labute approximate surface area is 509 Å². The first-order chi connectivity index (χ1) is 40.7. The average Bonchev–Trinajstić information content (AvgIpc) is 3.54. The van der Waals surface area contributed by atoms with Crippen LogP contribution in [0.2, 0.25) is 0 Å². The van der Waals surface area contributed by atoms with Crippen molar-refractivity contribution in [3.63, 3.8) is 0 Å². The zero-order valence-electron chi connectivity index (χ0n) is 53.8. The summed E-state index contributed by atoms with van der Waals surface area (Å²) in [6.45, 7) is 5.79. The topological polar surface area (TPSA) is 175 Å². The summed E-state index contributed by atoms with van der Waals surface area (Å²) in [5, 5.41) is 57.2. The summed E-state index contributed by atoms with van der Waals surface area (Å²) in [4.78, 5) is 26.7. The zero-order chi connectivity index (χ0) is 60.3. The van der Waals surface area contributed by atoms with Gasteiger partial charge in [0.15, 0.2) is 12.4 Å². The minimum absolute atomic E-state index is 0.122. The Hall–Kier alpha value is -2.64. The highest BCUT2D eigenvalue weighted by atomic mass is 16.7. The molecule has 0 bridgehead atoms. The van der Waals surface area contributed by atoms with Crippen LogP contribution in [-0.4, -0.2) is 99.6 Å². The van der Waals surface area contributed by atoms with Gasteiger partial charge in [0, 0.05) is 6.42 Å². The Morgan fingerprint density at radius 1 is 0.470 bits per heavy atom. The van der Waals surface area contributed by atoms with Crippen molar-refractivity contribution in [3.05, 3.63) is 60.8 Å². The van der Waals surface area contributed by atoms with E-state index in [1.807, 2.05) is 6.08 Å². The lowest BCUT2D eigenvalue weighted by Crippen LogP contribution is -2.61. The van der Waals surface area contributed by atoms with E-state index in [4.69, 9.17) is 14.2 Å². The molecule has 484 valence electrons. The fourth-order valence-corrected chi connectivity index (χ4v) is 10.8. The maximum Gasteiger partial charge on any atom is 0.306 e. The first kappa shape index (κ1) is 78.4. The van der Waals surface area contributed by atoms with E-state index in [1.54, 1.807) is 6.08 Å². The number of nitrogens with one attached hydrogen (secondary N) is 1. The molecule has 83 heavy (non-hydrogen) atoms. The van der Waals surface area contributed by atoms with Crippen molar-refractivity contribution in [2.75, 3.05) is 13.2 Å². The fraction of sp³-hybridized carbons (Fsp3) is 0.833. The minimum atomic E-state index is -1.62. The molecule has 1 aliphatic heterocycles. The van der Waals surface area contributed by atoms with Crippen molar-refractivity contribution < 1.29 is 49.3 Å². The van der Waals surface area contributed by atoms with Crippen LogP contribution in [0, 0.1) is 0 Å². The highest BCUT2D eigenvalue weighted by Gasteiger charge is 2.47. The lowest BCUT2D eigenvalue weighted by Gasteiger charge is -2.41. The van der Waals surface area contributed by atoms with Gasteiger partial charge in [-0.05, 0) is 89.9 Å². The molecule has 6 N–H and O–H groups in total. The highest BCUT2D eigenvalue weighted by Crippen LogP contribution is 2.26. The molecule has 0 spiro atoms. The second-order valence-electron chi connectivity index (χ2n) is 24.3. The lowest BCUT2D eigenvalue weighted by molar-refractivity contribution is -0.305. The summed E-state index contributed by atoms with van der Waals surface area (Å²) in [6, 6.07) is -1.03. The van der Waals surface area contributed by atoms with Gasteiger partial charge < -0.3 is 45.1 Å². The molecule has 0 saturated carbocycles. The quantitative estimate of drug-likeness (QED) is 0.0195. The molecule has 0 aromatic rings. The number of ether oxygens (including phenoxy) is 3. The number of unbranched alkanes of at least 4 members (excludes halogenated alkanes) is 38. The molecule has 0 radical (unpaired) electrons. The Kier molecular flexibility index (Phi) is 56.4. The predicted molar refractivity (Wildman–Crippen MR) is 347 cm³/mol. The highest BCUT2D eigenvalue weighted by molar-refractivity contribution is 5.80. The number of aliphatic hydroxyl groups is 5. The van der Waals surface area contributed by atoms with Gasteiger partial charge >= 0.3 is 5.97 Å². The van der Waals surface area contributed by atoms with Crippen molar-refractivity contribution >= 4 is 11.9 Å². The maximum absolute atomic E-state index is 13.5. The van der Waals surface area contributed by atoms with Crippen molar-refractivity contribution in [1.29, 1.82) is 0 Å². The van der Waals surface area contributed by atoms with E-state index in [1.165, 1.54) is 193 Å². The van der Waals surface area contributed by atoms with Gasteiger partial charge in [-0.1, -0.05) is 287 Å². The Bertz CT molecular complexity index is 1580. The third-order valence-electron chi connectivity index (χ3n) is 16.4. The number of hydrogen-bond acceptors (Lipinski definition) is 10. The van der Waals surface area contributed by atoms with Crippen molar-refractivity contribution in [3.8, 4) is 0 Å². The van der Waals surface area contributed by atoms with Crippen LogP contribution in [0.5, 0.6) is 0 Å². The van der Waals surface area contributed by atoms with Gasteiger partial charge in [-0.15, -0.1) is 0 Å². The number of allylic oxidation sites excluding steroid dienone is 9. The largest absolute Gasteiger partial charge is 0.454 e. The maximum atomic E-state index is 13.5. The minimum Gasteiger partial charge on any atom is -0.454 e. The molecule has 1 heterocycles. The number of aliphatic hydroxyl groups excluding tert-OH is 5. The SMILES string of the molecule is CCCCC/C=C\C/C=C\C/C=C\CCCCCCCC(O)C(=O)NC(COC1OC(CO)C(O)C(O)C1OC(=O)CCCCCCCCCCCCCCC/C=C/CCCCCCCC)C(O)/C=C/CCCCCCCCCCCCC. The molecule has 1 amide bonds. The van der Waals surface area contributed by atoms with E-state index < -0.39 is 67.4 Å². The zero-order valence-corrected chi connectivity index (χ0v) is 53.8. The van der Waals surface area contributed by atoms with Gasteiger partial charge in [-0.3, -0.25) is 9.59 Å². The molecule has 11 heteroatoms. The molecule has 8 atom stereocenters. The summed E-state index contributed by atoms with van der Waals surface area (Å²) in [5.74, 6) is -1.20. The first-order valence-corrected chi connectivity index (χ1v) is 35.1. The molecular weight excluding hydrogens is 1040 g/mol. The van der Waals surface area contributed by atoms with Crippen LogP contribution in [0.3, 0.4) is 0 Å². The van der Waals surface area contributed by atoms with Crippen LogP contribution in [0.25, 0.3) is 0 Å². The van der Waals surface area contributed by atoms with Crippen LogP contribution >= 0.6 is 0 Å². The molecule has 1 fully saturated rings. The van der Waals surface area contributed by atoms with Crippen LogP contribution < -0.4 is 5.32 Å².